The highest BCUT2D eigenvalue weighted by atomic mass is 16.2. The molecule has 0 aliphatic carbocycles. The molecule has 1 aromatic carbocycles. The average Bonchev–Trinajstić information content (AvgIpc) is 3.27. The predicted molar refractivity (Wildman–Crippen MR) is 96.1 cm³/mol. The number of imide groups is 1. The fourth-order valence-electron chi connectivity index (χ4n) is 3.32. The Morgan fingerprint density at radius 1 is 1.00 bits per heavy atom. The summed E-state index contributed by atoms with van der Waals surface area (Å²) in [5.41, 5.74) is 1.21. The summed E-state index contributed by atoms with van der Waals surface area (Å²) in [6, 6.07) is 10.2. The van der Waals surface area contributed by atoms with Crippen molar-refractivity contribution in [2.45, 2.75) is 12.8 Å². The fourth-order valence-corrected chi connectivity index (χ4v) is 3.32. The molecular weight excluding hydrogens is 332 g/mol. The van der Waals surface area contributed by atoms with Gasteiger partial charge >= 0.3 is 0 Å². The Labute approximate surface area is 150 Å². The summed E-state index contributed by atoms with van der Waals surface area (Å²) in [5.74, 6) is -0.428. The second-order valence-corrected chi connectivity index (χ2v) is 6.39. The van der Waals surface area contributed by atoms with Crippen LogP contribution >= 0.6 is 0 Å². The van der Waals surface area contributed by atoms with Gasteiger partial charge in [-0.25, -0.2) is 4.98 Å². The first-order valence-corrected chi connectivity index (χ1v) is 8.59. The van der Waals surface area contributed by atoms with E-state index < -0.39 is 17.7 Å². The van der Waals surface area contributed by atoms with Crippen molar-refractivity contribution in [2.75, 3.05) is 29.9 Å². The van der Waals surface area contributed by atoms with Gasteiger partial charge < -0.3 is 10.2 Å². The van der Waals surface area contributed by atoms with Crippen molar-refractivity contribution >= 4 is 29.2 Å². The van der Waals surface area contributed by atoms with Gasteiger partial charge in [0.25, 0.3) is 11.8 Å². The summed E-state index contributed by atoms with van der Waals surface area (Å²) in [4.78, 5) is 44.4. The van der Waals surface area contributed by atoms with Crippen LogP contribution in [0.5, 0.6) is 0 Å². The molecule has 0 bridgehead atoms. The van der Waals surface area contributed by atoms with Crippen LogP contribution in [0.2, 0.25) is 0 Å². The molecule has 2 aromatic rings. The first kappa shape index (κ1) is 16.3. The molecule has 0 radical (unpaired) electrons. The number of amides is 3. The highest BCUT2D eigenvalue weighted by molar-refractivity contribution is 6.22. The van der Waals surface area contributed by atoms with Gasteiger partial charge in [0.1, 0.15) is 12.4 Å². The molecule has 4 rings (SSSR count). The zero-order chi connectivity index (χ0) is 18.1. The average molecular weight is 350 g/mol. The minimum Gasteiger partial charge on any atom is -0.357 e. The molecular formula is C19H18N4O3. The number of carbonyl (C=O) groups is 3. The maximum Gasteiger partial charge on any atom is 0.262 e. The fraction of sp³-hybridized carbons (Fsp3) is 0.263. The molecule has 0 spiro atoms. The number of fused-ring (bicyclic) bond motifs is 1. The van der Waals surface area contributed by atoms with Crippen LogP contribution in [0.4, 0.5) is 11.5 Å². The van der Waals surface area contributed by atoms with E-state index in [1.807, 2.05) is 6.07 Å². The number of nitrogens with one attached hydrogen (secondary N) is 1. The van der Waals surface area contributed by atoms with Crippen molar-refractivity contribution in [3.63, 3.8) is 0 Å². The van der Waals surface area contributed by atoms with Crippen LogP contribution in [0.15, 0.2) is 42.6 Å². The summed E-state index contributed by atoms with van der Waals surface area (Å²) in [6.07, 6.45) is 3.93. The van der Waals surface area contributed by atoms with E-state index in [2.05, 4.69) is 15.2 Å². The number of aromatic nitrogens is 1. The Hall–Kier alpha value is -3.22. The van der Waals surface area contributed by atoms with Crippen LogP contribution < -0.4 is 10.2 Å². The Bertz CT molecular complexity index is 838. The Morgan fingerprint density at radius 2 is 1.65 bits per heavy atom. The highest BCUT2D eigenvalue weighted by Gasteiger charge is 2.36. The first-order chi connectivity index (χ1) is 12.6. The molecule has 3 amide bonds. The molecule has 1 N–H and O–H groups in total. The maximum absolute atomic E-state index is 12.3. The van der Waals surface area contributed by atoms with Crippen molar-refractivity contribution in [3.05, 3.63) is 53.7 Å². The van der Waals surface area contributed by atoms with E-state index in [4.69, 9.17) is 0 Å². The number of carbonyl (C=O) groups excluding carboxylic acids is 3. The second kappa shape index (κ2) is 6.59. The van der Waals surface area contributed by atoms with E-state index in [1.165, 1.54) is 12.8 Å². The highest BCUT2D eigenvalue weighted by Crippen LogP contribution is 2.22. The Kier molecular flexibility index (Phi) is 4.12. The number of anilines is 2. The third-order valence-electron chi connectivity index (χ3n) is 4.64. The first-order valence-electron chi connectivity index (χ1n) is 8.59. The van der Waals surface area contributed by atoms with Gasteiger partial charge in [0.15, 0.2) is 0 Å². The summed E-state index contributed by atoms with van der Waals surface area (Å²) < 4.78 is 0. The van der Waals surface area contributed by atoms with Gasteiger partial charge in [-0.05, 0) is 37.1 Å². The van der Waals surface area contributed by atoms with Crippen LogP contribution in [0.1, 0.15) is 33.6 Å². The monoisotopic (exact) mass is 350 g/mol. The molecule has 2 aliphatic heterocycles. The molecule has 0 saturated carbocycles. The van der Waals surface area contributed by atoms with E-state index in [0.29, 0.717) is 16.8 Å². The van der Waals surface area contributed by atoms with Gasteiger partial charge in [-0.1, -0.05) is 12.1 Å². The van der Waals surface area contributed by atoms with Gasteiger partial charge in [0.05, 0.1) is 23.0 Å². The lowest BCUT2D eigenvalue weighted by atomic mass is 10.1. The van der Waals surface area contributed by atoms with Crippen molar-refractivity contribution in [2.24, 2.45) is 0 Å². The lowest BCUT2D eigenvalue weighted by Gasteiger charge is -2.17. The number of pyridine rings is 1. The van der Waals surface area contributed by atoms with Crippen LogP contribution in [0, 0.1) is 0 Å². The van der Waals surface area contributed by atoms with E-state index >= 15 is 0 Å². The number of benzene rings is 1. The topological polar surface area (TPSA) is 82.6 Å². The summed E-state index contributed by atoms with van der Waals surface area (Å²) in [5, 5.41) is 2.69. The van der Waals surface area contributed by atoms with E-state index in [0.717, 1.165) is 23.8 Å². The lowest BCUT2D eigenvalue weighted by molar-refractivity contribution is -0.116. The second-order valence-electron chi connectivity index (χ2n) is 6.39. The molecule has 1 saturated heterocycles. The Balaban J connectivity index is 1.40. The van der Waals surface area contributed by atoms with Crippen LogP contribution in [-0.4, -0.2) is 47.2 Å². The predicted octanol–water partition coefficient (Wildman–Crippen LogP) is 1.92. The summed E-state index contributed by atoms with van der Waals surface area (Å²) in [7, 11) is 0. The molecule has 7 nitrogen and oxygen atoms in total. The minimum atomic E-state index is -0.441. The summed E-state index contributed by atoms with van der Waals surface area (Å²) in [6.45, 7) is 1.68. The molecule has 132 valence electrons. The van der Waals surface area contributed by atoms with Gasteiger partial charge in [-0.15, -0.1) is 0 Å². The van der Waals surface area contributed by atoms with Crippen molar-refractivity contribution in [3.8, 4) is 0 Å². The van der Waals surface area contributed by atoms with E-state index in [-0.39, 0.29) is 6.54 Å². The maximum atomic E-state index is 12.3. The standard InChI is InChI=1S/C19H18N4O3/c24-17(12-23-18(25)14-5-1-2-6-15(14)19(23)26)21-13-7-8-16(20-11-13)22-9-3-4-10-22/h1-2,5-8,11H,3-4,9-10,12H2,(H,21,24). The quantitative estimate of drug-likeness (QED) is 0.852. The van der Waals surface area contributed by atoms with Gasteiger partial charge in [-0.2, -0.15) is 0 Å². The van der Waals surface area contributed by atoms with Crippen molar-refractivity contribution < 1.29 is 14.4 Å². The third-order valence-corrected chi connectivity index (χ3v) is 4.64. The Morgan fingerprint density at radius 3 is 2.23 bits per heavy atom. The van der Waals surface area contributed by atoms with Crippen LogP contribution in [0.3, 0.4) is 0 Å². The van der Waals surface area contributed by atoms with E-state index in [9.17, 15) is 14.4 Å². The molecule has 3 heterocycles. The number of nitrogens with zero attached hydrogens (tertiary/aromatic N) is 3. The van der Waals surface area contributed by atoms with E-state index in [1.54, 1.807) is 36.5 Å². The molecule has 1 fully saturated rings. The summed E-state index contributed by atoms with van der Waals surface area (Å²) >= 11 is 0. The zero-order valence-corrected chi connectivity index (χ0v) is 14.1. The number of hydrogen-bond donors (Lipinski definition) is 1. The lowest BCUT2D eigenvalue weighted by Crippen LogP contribution is -2.37. The molecule has 2 aliphatic rings. The zero-order valence-electron chi connectivity index (χ0n) is 14.1. The molecule has 26 heavy (non-hydrogen) atoms. The third kappa shape index (κ3) is 2.92. The number of rotatable bonds is 4. The largest absolute Gasteiger partial charge is 0.357 e. The normalized spacial score (nSPS) is 16.2. The molecule has 7 heteroatoms. The SMILES string of the molecule is O=C(CN1C(=O)c2ccccc2C1=O)Nc1ccc(N2CCCC2)nc1. The van der Waals surface area contributed by atoms with Gasteiger partial charge in [-0.3, -0.25) is 19.3 Å². The smallest absolute Gasteiger partial charge is 0.262 e. The van der Waals surface area contributed by atoms with Gasteiger partial charge in [0, 0.05) is 13.1 Å². The van der Waals surface area contributed by atoms with Gasteiger partial charge in [0.2, 0.25) is 5.91 Å². The van der Waals surface area contributed by atoms with Crippen molar-refractivity contribution in [1.29, 1.82) is 0 Å². The van der Waals surface area contributed by atoms with Crippen molar-refractivity contribution in [1.82, 2.24) is 9.88 Å². The number of hydrogen-bond acceptors (Lipinski definition) is 5. The molecule has 0 unspecified atom stereocenters. The molecule has 1 aromatic heterocycles. The van der Waals surface area contributed by atoms with Crippen LogP contribution in [-0.2, 0) is 4.79 Å². The molecule has 0 atom stereocenters. The minimum absolute atomic E-state index is 0.319. The van der Waals surface area contributed by atoms with Crippen LogP contribution in [0.25, 0.3) is 0 Å².